The van der Waals surface area contributed by atoms with Gasteiger partial charge >= 0.3 is 0 Å². The molecule has 4 rings (SSSR count). The lowest BCUT2D eigenvalue weighted by atomic mass is 10.1. The van der Waals surface area contributed by atoms with Crippen LogP contribution in [0.3, 0.4) is 0 Å². The smallest absolute Gasteiger partial charge is 0.256 e. The average molecular weight is 340 g/mol. The molecule has 1 aromatic heterocycles. The van der Waals surface area contributed by atoms with Crippen molar-refractivity contribution in [2.24, 2.45) is 0 Å². The highest BCUT2D eigenvalue weighted by atomic mass is 16.5. The van der Waals surface area contributed by atoms with Crippen molar-refractivity contribution in [1.82, 2.24) is 15.1 Å². The highest BCUT2D eigenvalue weighted by Gasteiger charge is 2.30. The maximum atomic E-state index is 12.6. The third-order valence-corrected chi connectivity index (χ3v) is 4.97. The fraction of sp³-hybridized carbons (Fsp3) is 0.474. The third kappa shape index (κ3) is 3.75. The Morgan fingerprint density at radius 3 is 2.92 bits per heavy atom. The summed E-state index contributed by atoms with van der Waals surface area (Å²) in [5.74, 6) is 1.11. The summed E-state index contributed by atoms with van der Waals surface area (Å²) in [6.45, 7) is 4.85. The van der Waals surface area contributed by atoms with E-state index in [0.29, 0.717) is 24.9 Å². The summed E-state index contributed by atoms with van der Waals surface area (Å²) in [7, 11) is 0. The Labute approximate surface area is 147 Å². The number of nitrogens with zero attached hydrogens (tertiary/aromatic N) is 2. The van der Waals surface area contributed by atoms with Crippen LogP contribution in [0.15, 0.2) is 30.3 Å². The van der Waals surface area contributed by atoms with Crippen LogP contribution in [0.5, 0.6) is 0 Å². The minimum atomic E-state index is -0.460. The van der Waals surface area contributed by atoms with Gasteiger partial charge in [0.2, 0.25) is 0 Å². The standard InChI is InChI=1S/C19H24N4O2/c1-13-17(15-7-8-15)21-22-18(13)20-19(24)16-12-23(9-10-25-16)11-14-5-3-2-4-6-14/h2-6,15-16H,7-12H2,1H3,(H2,20,21,22,24). The molecule has 1 aliphatic heterocycles. The van der Waals surface area contributed by atoms with E-state index in [-0.39, 0.29) is 5.91 Å². The molecular weight excluding hydrogens is 316 g/mol. The van der Waals surface area contributed by atoms with Gasteiger partial charge in [-0.15, -0.1) is 0 Å². The Morgan fingerprint density at radius 1 is 1.36 bits per heavy atom. The number of nitrogens with one attached hydrogen (secondary N) is 2. The lowest BCUT2D eigenvalue weighted by Crippen LogP contribution is -2.47. The summed E-state index contributed by atoms with van der Waals surface area (Å²) >= 11 is 0. The predicted molar refractivity (Wildman–Crippen MR) is 95.4 cm³/mol. The zero-order valence-electron chi connectivity index (χ0n) is 14.5. The lowest BCUT2D eigenvalue weighted by molar-refractivity contribution is -0.133. The maximum Gasteiger partial charge on any atom is 0.256 e. The lowest BCUT2D eigenvalue weighted by Gasteiger charge is -2.32. The van der Waals surface area contributed by atoms with E-state index in [0.717, 1.165) is 24.3 Å². The number of carbonyl (C=O) groups excluding carboxylic acids is 1. The second-order valence-corrected chi connectivity index (χ2v) is 6.95. The Bertz CT molecular complexity index is 739. The van der Waals surface area contributed by atoms with Gasteiger partial charge in [-0.1, -0.05) is 30.3 Å². The summed E-state index contributed by atoms with van der Waals surface area (Å²) < 4.78 is 5.69. The van der Waals surface area contributed by atoms with Gasteiger partial charge in [-0.25, -0.2) is 0 Å². The summed E-state index contributed by atoms with van der Waals surface area (Å²) in [6, 6.07) is 10.3. The Morgan fingerprint density at radius 2 is 2.16 bits per heavy atom. The van der Waals surface area contributed by atoms with E-state index < -0.39 is 6.10 Å². The van der Waals surface area contributed by atoms with Gasteiger partial charge in [-0.05, 0) is 25.3 Å². The molecule has 0 radical (unpaired) electrons. The molecule has 25 heavy (non-hydrogen) atoms. The second-order valence-electron chi connectivity index (χ2n) is 6.95. The van der Waals surface area contributed by atoms with E-state index in [1.54, 1.807) is 0 Å². The van der Waals surface area contributed by atoms with Gasteiger partial charge in [0, 0.05) is 36.8 Å². The van der Waals surface area contributed by atoms with Crippen molar-refractivity contribution in [2.45, 2.75) is 38.3 Å². The number of ether oxygens (including phenoxy) is 1. The molecule has 1 amide bonds. The first-order valence-electron chi connectivity index (χ1n) is 8.94. The highest BCUT2D eigenvalue weighted by Crippen LogP contribution is 2.41. The van der Waals surface area contributed by atoms with E-state index in [1.165, 1.54) is 18.4 Å². The number of anilines is 1. The first kappa shape index (κ1) is 16.3. The van der Waals surface area contributed by atoms with E-state index >= 15 is 0 Å². The van der Waals surface area contributed by atoms with Crippen molar-refractivity contribution in [3.05, 3.63) is 47.2 Å². The molecule has 1 unspecified atom stereocenters. The molecule has 0 bridgehead atoms. The molecule has 2 fully saturated rings. The van der Waals surface area contributed by atoms with Gasteiger partial charge in [0.25, 0.3) is 5.91 Å². The third-order valence-electron chi connectivity index (χ3n) is 4.97. The first-order valence-corrected chi connectivity index (χ1v) is 8.94. The molecule has 1 saturated carbocycles. The fourth-order valence-corrected chi connectivity index (χ4v) is 3.35. The molecule has 2 aromatic rings. The van der Waals surface area contributed by atoms with Crippen molar-refractivity contribution in [3.8, 4) is 0 Å². The largest absolute Gasteiger partial charge is 0.366 e. The van der Waals surface area contributed by atoms with Crippen LogP contribution in [-0.4, -0.2) is 46.8 Å². The summed E-state index contributed by atoms with van der Waals surface area (Å²) in [6.07, 6.45) is 1.95. The van der Waals surface area contributed by atoms with Crippen LogP contribution in [0.25, 0.3) is 0 Å². The van der Waals surface area contributed by atoms with Crippen LogP contribution >= 0.6 is 0 Å². The monoisotopic (exact) mass is 340 g/mol. The summed E-state index contributed by atoms with van der Waals surface area (Å²) in [5, 5.41) is 10.3. The Kier molecular flexibility index (Phi) is 4.55. The number of H-pyrrole nitrogens is 1. The van der Waals surface area contributed by atoms with Crippen LogP contribution in [-0.2, 0) is 16.1 Å². The minimum absolute atomic E-state index is 0.116. The zero-order chi connectivity index (χ0) is 17.2. The molecule has 1 aromatic carbocycles. The van der Waals surface area contributed by atoms with Gasteiger partial charge in [-0.3, -0.25) is 14.8 Å². The Hall–Kier alpha value is -2.18. The van der Waals surface area contributed by atoms with Crippen molar-refractivity contribution in [2.75, 3.05) is 25.0 Å². The molecule has 0 spiro atoms. The van der Waals surface area contributed by atoms with Gasteiger partial charge < -0.3 is 10.1 Å². The molecule has 1 saturated heterocycles. The van der Waals surface area contributed by atoms with Gasteiger partial charge in [0.05, 0.1) is 6.61 Å². The number of hydrogen-bond acceptors (Lipinski definition) is 4. The molecule has 2 N–H and O–H groups in total. The highest BCUT2D eigenvalue weighted by molar-refractivity contribution is 5.94. The van der Waals surface area contributed by atoms with Crippen LogP contribution in [0, 0.1) is 6.92 Å². The van der Waals surface area contributed by atoms with E-state index in [2.05, 4.69) is 32.5 Å². The van der Waals surface area contributed by atoms with Crippen LogP contribution in [0.4, 0.5) is 5.82 Å². The van der Waals surface area contributed by atoms with Crippen molar-refractivity contribution in [1.29, 1.82) is 0 Å². The number of aromatic amines is 1. The van der Waals surface area contributed by atoms with E-state index in [4.69, 9.17) is 4.74 Å². The first-order chi connectivity index (χ1) is 12.2. The minimum Gasteiger partial charge on any atom is -0.366 e. The van der Waals surface area contributed by atoms with Crippen LogP contribution in [0.2, 0.25) is 0 Å². The SMILES string of the molecule is Cc1c(NC(=O)C2CN(Cc3ccccc3)CCO2)n[nH]c1C1CC1. The number of amides is 1. The number of hydrogen-bond donors (Lipinski definition) is 2. The molecular formula is C19H24N4O2. The van der Waals surface area contributed by atoms with Crippen molar-refractivity contribution >= 4 is 11.7 Å². The molecule has 2 heterocycles. The van der Waals surface area contributed by atoms with E-state index in [9.17, 15) is 4.79 Å². The van der Waals surface area contributed by atoms with Crippen LogP contribution < -0.4 is 5.32 Å². The number of rotatable bonds is 5. The molecule has 2 aliphatic rings. The maximum absolute atomic E-state index is 12.6. The van der Waals surface area contributed by atoms with Gasteiger partial charge in [-0.2, -0.15) is 5.10 Å². The Balaban J connectivity index is 1.36. The normalized spacial score (nSPS) is 21.2. The topological polar surface area (TPSA) is 70.2 Å². The average Bonchev–Trinajstić information content (AvgIpc) is 3.41. The molecule has 6 nitrogen and oxygen atoms in total. The predicted octanol–water partition coefficient (Wildman–Crippen LogP) is 2.44. The van der Waals surface area contributed by atoms with Gasteiger partial charge in [0.1, 0.15) is 6.10 Å². The molecule has 132 valence electrons. The summed E-state index contributed by atoms with van der Waals surface area (Å²) in [5.41, 5.74) is 3.46. The number of carbonyl (C=O) groups is 1. The quantitative estimate of drug-likeness (QED) is 0.877. The second kappa shape index (κ2) is 6.98. The number of benzene rings is 1. The molecule has 1 aliphatic carbocycles. The zero-order valence-corrected chi connectivity index (χ0v) is 14.5. The van der Waals surface area contributed by atoms with Crippen molar-refractivity contribution in [3.63, 3.8) is 0 Å². The molecule has 6 heteroatoms. The number of morpholine rings is 1. The van der Waals surface area contributed by atoms with Gasteiger partial charge in [0.15, 0.2) is 5.82 Å². The van der Waals surface area contributed by atoms with E-state index in [1.807, 2.05) is 25.1 Å². The fourth-order valence-electron chi connectivity index (χ4n) is 3.35. The van der Waals surface area contributed by atoms with Crippen LogP contribution in [0.1, 0.15) is 35.6 Å². The van der Waals surface area contributed by atoms with Crippen molar-refractivity contribution < 1.29 is 9.53 Å². The summed E-state index contributed by atoms with van der Waals surface area (Å²) in [4.78, 5) is 14.9. The molecule has 1 atom stereocenters. The number of aromatic nitrogens is 2.